The van der Waals surface area contributed by atoms with E-state index in [2.05, 4.69) is 14.8 Å². The van der Waals surface area contributed by atoms with Crippen LogP contribution in [-0.4, -0.2) is 49.8 Å². The van der Waals surface area contributed by atoms with Gasteiger partial charge in [0.15, 0.2) is 11.1 Å². The molecule has 0 saturated heterocycles. The van der Waals surface area contributed by atoms with E-state index in [1.807, 2.05) is 0 Å². The van der Waals surface area contributed by atoms with Crippen LogP contribution in [0, 0.1) is 0 Å². The average molecular weight is 239 g/mol. The summed E-state index contributed by atoms with van der Waals surface area (Å²) < 4.78 is 15.4. The molecule has 0 amide bonds. The Labute approximate surface area is 95.8 Å². The number of nitrogens with one attached hydrogen (secondary N) is 2. The highest BCUT2D eigenvalue weighted by Crippen LogP contribution is 1.85. The maximum absolute atomic E-state index is 10.8. The first kappa shape index (κ1) is 17.4. The molecule has 1 atom stereocenters. The molecule has 0 saturated carbocycles. The van der Waals surface area contributed by atoms with Crippen LogP contribution in [0.5, 0.6) is 0 Å². The monoisotopic (exact) mass is 239 g/mol. The molecule has 0 radical (unpaired) electrons. The summed E-state index contributed by atoms with van der Waals surface area (Å²) in [7, 11) is 1.46. The third-order valence-electron chi connectivity index (χ3n) is 1.65. The molecule has 0 rings (SSSR count). The van der Waals surface area contributed by atoms with Crippen molar-refractivity contribution in [2.75, 3.05) is 45.6 Å². The molecule has 0 aromatic heterocycles. The van der Waals surface area contributed by atoms with Gasteiger partial charge in [0.2, 0.25) is 0 Å². The second-order valence-electron chi connectivity index (χ2n) is 2.82. The van der Waals surface area contributed by atoms with Crippen molar-refractivity contribution in [1.82, 2.24) is 10.6 Å². The van der Waals surface area contributed by atoms with Crippen molar-refractivity contribution in [2.24, 2.45) is 5.73 Å². The van der Waals surface area contributed by atoms with Gasteiger partial charge in [0.1, 0.15) is 0 Å². The second-order valence-corrected chi connectivity index (χ2v) is 4.17. The van der Waals surface area contributed by atoms with Crippen molar-refractivity contribution in [3.63, 3.8) is 0 Å². The van der Waals surface area contributed by atoms with Crippen LogP contribution < -0.4 is 16.4 Å². The van der Waals surface area contributed by atoms with Gasteiger partial charge in [-0.1, -0.05) is 7.43 Å². The topological polar surface area (TPSA) is 76.4 Å². The number of hydrogen-bond donors (Lipinski definition) is 3. The SMILES string of the molecule is C.COS(=O)CCCNCCNCCN. The Kier molecular flexibility index (Phi) is 16.2. The lowest BCUT2D eigenvalue weighted by Gasteiger charge is -2.04. The highest BCUT2D eigenvalue weighted by molar-refractivity contribution is 7.80. The summed E-state index contributed by atoms with van der Waals surface area (Å²) in [6, 6.07) is 0. The minimum atomic E-state index is -1.11. The fourth-order valence-corrected chi connectivity index (χ4v) is 1.47. The van der Waals surface area contributed by atoms with Crippen LogP contribution in [0.3, 0.4) is 0 Å². The normalized spacial score (nSPS) is 12.1. The lowest BCUT2D eigenvalue weighted by molar-refractivity contribution is 0.444. The predicted molar refractivity (Wildman–Crippen MR) is 66.2 cm³/mol. The van der Waals surface area contributed by atoms with Gasteiger partial charge in [0, 0.05) is 26.2 Å². The van der Waals surface area contributed by atoms with Crippen LogP contribution in [0.1, 0.15) is 13.8 Å². The maximum Gasteiger partial charge on any atom is 0.155 e. The number of nitrogens with two attached hydrogens (primary N) is 1. The first-order chi connectivity index (χ1) is 6.81. The summed E-state index contributed by atoms with van der Waals surface area (Å²) >= 11 is -1.11. The number of hydrogen-bond acceptors (Lipinski definition) is 5. The highest BCUT2D eigenvalue weighted by Gasteiger charge is 1.95. The zero-order valence-corrected chi connectivity index (χ0v) is 9.57. The molecule has 6 heteroatoms. The summed E-state index contributed by atoms with van der Waals surface area (Å²) in [4.78, 5) is 0. The Morgan fingerprint density at radius 1 is 1.20 bits per heavy atom. The summed E-state index contributed by atoms with van der Waals surface area (Å²) in [6.45, 7) is 4.24. The molecule has 1 unspecified atom stereocenters. The lowest BCUT2D eigenvalue weighted by atomic mass is 10.4. The molecule has 94 valence electrons. The maximum atomic E-state index is 10.8. The zero-order chi connectivity index (χ0) is 10.6. The Balaban J connectivity index is 0. The third-order valence-corrected chi connectivity index (χ3v) is 2.64. The van der Waals surface area contributed by atoms with Crippen molar-refractivity contribution >= 4 is 11.1 Å². The molecule has 0 aliphatic rings. The minimum Gasteiger partial charge on any atom is -0.329 e. The van der Waals surface area contributed by atoms with Gasteiger partial charge in [-0.15, -0.1) is 0 Å². The summed E-state index contributed by atoms with van der Waals surface area (Å²) in [5.41, 5.74) is 5.31. The molecule has 4 N–H and O–H groups in total. The standard InChI is InChI=1S/C8H21N3O2S.CH4/c1-13-14(12)8-2-4-10-6-7-11-5-3-9;/h10-11H,2-9H2,1H3;1H4. The fourth-order valence-electron chi connectivity index (χ4n) is 0.927. The van der Waals surface area contributed by atoms with Crippen LogP contribution in [0.4, 0.5) is 0 Å². The van der Waals surface area contributed by atoms with Crippen molar-refractivity contribution < 1.29 is 8.39 Å². The van der Waals surface area contributed by atoms with E-state index in [1.54, 1.807) is 0 Å². The predicted octanol–water partition coefficient (Wildman–Crippen LogP) is -0.539. The molecular weight excluding hydrogens is 214 g/mol. The summed E-state index contributed by atoms with van der Waals surface area (Å²) in [6.07, 6.45) is 0.872. The Morgan fingerprint density at radius 3 is 2.33 bits per heavy atom. The van der Waals surface area contributed by atoms with E-state index in [4.69, 9.17) is 5.73 Å². The van der Waals surface area contributed by atoms with Crippen LogP contribution >= 0.6 is 0 Å². The van der Waals surface area contributed by atoms with Crippen LogP contribution in [0.15, 0.2) is 0 Å². The van der Waals surface area contributed by atoms with Gasteiger partial charge >= 0.3 is 0 Å². The molecular formula is C9H25N3O2S. The summed E-state index contributed by atoms with van der Waals surface area (Å²) in [5.74, 6) is 0.597. The van der Waals surface area contributed by atoms with Gasteiger partial charge in [-0.05, 0) is 13.0 Å². The highest BCUT2D eigenvalue weighted by atomic mass is 32.2. The molecule has 0 spiro atoms. The first-order valence-corrected chi connectivity index (χ1v) is 6.10. The van der Waals surface area contributed by atoms with Gasteiger partial charge in [0.05, 0.1) is 12.9 Å². The van der Waals surface area contributed by atoms with E-state index in [0.717, 1.165) is 32.6 Å². The van der Waals surface area contributed by atoms with Gasteiger partial charge in [-0.25, -0.2) is 4.21 Å². The molecule has 15 heavy (non-hydrogen) atoms. The summed E-state index contributed by atoms with van der Waals surface area (Å²) in [5, 5.41) is 6.40. The fraction of sp³-hybridized carbons (Fsp3) is 1.00. The quantitative estimate of drug-likeness (QED) is 0.446. The molecule has 0 bridgehead atoms. The van der Waals surface area contributed by atoms with Crippen molar-refractivity contribution in [1.29, 1.82) is 0 Å². The molecule has 0 aromatic carbocycles. The Hall–Kier alpha value is -0.0100. The molecule has 0 fully saturated rings. The number of rotatable bonds is 10. The van der Waals surface area contributed by atoms with Crippen LogP contribution in [0.2, 0.25) is 0 Å². The van der Waals surface area contributed by atoms with Crippen molar-refractivity contribution in [3.8, 4) is 0 Å². The van der Waals surface area contributed by atoms with E-state index in [0.29, 0.717) is 12.3 Å². The van der Waals surface area contributed by atoms with Gasteiger partial charge in [0.25, 0.3) is 0 Å². The second kappa shape index (κ2) is 14.0. The van der Waals surface area contributed by atoms with E-state index in [1.165, 1.54) is 7.11 Å². The van der Waals surface area contributed by atoms with Crippen molar-refractivity contribution in [3.05, 3.63) is 0 Å². The molecule has 0 aromatic rings. The molecule has 5 nitrogen and oxygen atoms in total. The molecule has 0 aliphatic heterocycles. The minimum absolute atomic E-state index is 0. The molecule has 0 heterocycles. The van der Waals surface area contributed by atoms with Gasteiger partial charge < -0.3 is 16.4 Å². The van der Waals surface area contributed by atoms with E-state index >= 15 is 0 Å². The molecule has 0 aliphatic carbocycles. The zero-order valence-electron chi connectivity index (χ0n) is 8.75. The lowest BCUT2D eigenvalue weighted by Crippen LogP contribution is -2.31. The first-order valence-electron chi connectivity index (χ1n) is 4.85. The van der Waals surface area contributed by atoms with E-state index < -0.39 is 11.1 Å². The Morgan fingerprint density at radius 2 is 1.80 bits per heavy atom. The average Bonchev–Trinajstić information content (AvgIpc) is 2.21. The van der Waals surface area contributed by atoms with Crippen LogP contribution in [-0.2, 0) is 15.3 Å². The van der Waals surface area contributed by atoms with Crippen LogP contribution in [0.25, 0.3) is 0 Å². The van der Waals surface area contributed by atoms with Crippen molar-refractivity contribution in [2.45, 2.75) is 13.8 Å². The third kappa shape index (κ3) is 14.0. The smallest absolute Gasteiger partial charge is 0.155 e. The van der Waals surface area contributed by atoms with E-state index in [9.17, 15) is 4.21 Å². The Bertz CT molecular complexity index is 147. The van der Waals surface area contributed by atoms with Gasteiger partial charge in [-0.3, -0.25) is 4.18 Å². The van der Waals surface area contributed by atoms with E-state index in [-0.39, 0.29) is 7.43 Å². The van der Waals surface area contributed by atoms with Gasteiger partial charge in [-0.2, -0.15) is 0 Å². The largest absolute Gasteiger partial charge is 0.329 e.